The van der Waals surface area contributed by atoms with Crippen LogP contribution in [0.3, 0.4) is 0 Å². The molecule has 0 fully saturated rings. The minimum Gasteiger partial charge on any atom is -0.460 e. The molecule has 0 bridgehead atoms. The number of benzene rings is 3. The maximum atomic E-state index is 12.3. The van der Waals surface area contributed by atoms with Gasteiger partial charge in [-0.3, -0.25) is 4.79 Å². The molecule has 0 aliphatic rings. The Morgan fingerprint density at radius 3 is 2.14 bits per heavy atom. The molecule has 0 aliphatic heterocycles. The summed E-state index contributed by atoms with van der Waals surface area (Å²) in [7, 11) is 0. The van der Waals surface area contributed by atoms with Crippen LogP contribution in [0.25, 0.3) is 22.3 Å². The van der Waals surface area contributed by atoms with Crippen LogP contribution in [0.5, 0.6) is 0 Å². The number of aliphatic hydroxyl groups is 1. The smallest absolute Gasteiger partial charge is 0.311 e. The Hall–Kier alpha value is -2.91. The van der Waals surface area contributed by atoms with Crippen LogP contribution in [-0.2, 0) is 22.6 Å². The number of hydrogen-bond acceptors (Lipinski definition) is 3. The summed E-state index contributed by atoms with van der Waals surface area (Å²) in [4.78, 5) is 12.3. The molecule has 0 amide bonds. The third-order valence-electron chi connectivity index (χ3n) is 4.85. The third kappa shape index (κ3) is 5.33. The van der Waals surface area contributed by atoms with Crippen molar-refractivity contribution in [1.29, 1.82) is 0 Å². The zero-order valence-electron chi connectivity index (χ0n) is 17.3. The van der Waals surface area contributed by atoms with E-state index in [0.717, 1.165) is 33.4 Å². The van der Waals surface area contributed by atoms with E-state index < -0.39 is 5.41 Å². The Kier molecular flexibility index (Phi) is 6.50. The van der Waals surface area contributed by atoms with Gasteiger partial charge in [0, 0.05) is 6.61 Å². The standard InChI is InChI=1S/C26H28O3/c1-26(2,3)25(28)29-18-23-17-22(20-7-5-4-6-8-20)13-14-24(23)21-11-9-19(10-12-21)15-16-27/h4-14,17,27H,15-16,18H2,1-3H3. The number of hydrogen-bond donors (Lipinski definition) is 1. The molecule has 0 saturated heterocycles. The quantitative estimate of drug-likeness (QED) is 0.556. The summed E-state index contributed by atoms with van der Waals surface area (Å²) in [5, 5.41) is 9.13. The fourth-order valence-corrected chi connectivity index (χ4v) is 3.14. The molecule has 0 aliphatic carbocycles. The summed E-state index contributed by atoms with van der Waals surface area (Å²) in [5.74, 6) is -0.216. The van der Waals surface area contributed by atoms with E-state index >= 15 is 0 Å². The Morgan fingerprint density at radius 2 is 1.52 bits per heavy atom. The highest BCUT2D eigenvalue weighted by atomic mass is 16.5. The van der Waals surface area contributed by atoms with E-state index in [2.05, 4.69) is 42.5 Å². The van der Waals surface area contributed by atoms with E-state index in [9.17, 15) is 4.79 Å². The van der Waals surface area contributed by atoms with E-state index in [-0.39, 0.29) is 19.2 Å². The van der Waals surface area contributed by atoms with Gasteiger partial charge in [0.25, 0.3) is 0 Å². The molecule has 0 heterocycles. The first-order valence-electron chi connectivity index (χ1n) is 9.94. The van der Waals surface area contributed by atoms with Gasteiger partial charge in [0.1, 0.15) is 6.61 Å². The van der Waals surface area contributed by atoms with Gasteiger partial charge in [0.05, 0.1) is 5.41 Å². The molecule has 0 atom stereocenters. The molecular weight excluding hydrogens is 360 g/mol. The van der Waals surface area contributed by atoms with Crippen LogP contribution >= 0.6 is 0 Å². The predicted molar refractivity (Wildman–Crippen MR) is 117 cm³/mol. The lowest BCUT2D eigenvalue weighted by molar-refractivity contribution is -0.154. The van der Waals surface area contributed by atoms with Crippen molar-refractivity contribution in [3.8, 4) is 22.3 Å². The van der Waals surface area contributed by atoms with Crippen molar-refractivity contribution >= 4 is 5.97 Å². The number of aliphatic hydroxyl groups excluding tert-OH is 1. The van der Waals surface area contributed by atoms with E-state index in [1.807, 2.05) is 51.1 Å². The maximum absolute atomic E-state index is 12.3. The average molecular weight is 389 g/mol. The van der Waals surface area contributed by atoms with Crippen LogP contribution < -0.4 is 0 Å². The Bertz CT molecular complexity index is 951. The molecule has 3 heteroatoms. The van der Waals surface area contributed by atoms with Crippen LogP contribution in [0.2, 0.25) is 0 Å². The Labute approximate surface area is 173 Å². The topological polar surface area (TPSA) is 46.5 Å². The summed E-state index contributed by atoms with van der Waals surface area (Å²) >= 11 is 0. The second-order valence-electron chi connectivity index (χ2n) is 8.23. The fraction of sp³-hybridized carbons (Fsp3) is 0.269. The summed E-state index contributed by atoms with van der Waals surface area (Å²) < 4.78 is 5.64. The van der Waals surface area contributed by atoms with Crippen molar-refractivity contribution < 1.29 is 14.6 Å². The largest absolute Gasteiger partial charge is 0.460 e. The highest BCUT2D eigenvalue weighted by molar-refractivity contribution is 5.77. The monoisotopic (exact) mass is 388 g/mol. The van der Waals surface area contributed by atoms with Gasteiger partial charge in [-0.2, -0.15) is 0 Å². The summed E-state index contributed by atoms with van der Waals surface area (Å²) in [6, 6.07) is 24.6. The van der Waals surface area contributed by atoms with E-state index in [0.29, 0.717) is 6.42 Å². The normalized spacial score (nSPS) is 11.3. The van der Waals surface area contributed by atoms with Gasteiger partial charge in [-0.25, -0.2) is 0 Å². The highest BCUT2D eigenvalue weighted by Gasteiger charge is 2.23. The minimum atomic E-state index is -0.539. The molecule has 3 nitrogen and oxygen atoms in total. The number of carbonyl (C=O) groups is 1. The van der Waals surface area contributed by atoms with E-state index in [1.54, 1.807) is 0 Å². The number of esters is 1. The molecule has 0 saturated carbocycles. The van der Waals surface area contributed by atoms with Gasteiger partial charge in [-0.1, -0.05) is 66.7 Å². The first-order valence-corrected chi connectivity index (χ1v) is 9.94. The molecule has 150 valence electrons. The zero-order valence-corrected chi connectivity index (χ0v) is 17.3. The van der Waals surface area contributed by atoms with Gasteiger partial charge in [-0.05, 0) is 66.6 Å². The van der Waals surface area contributed by atoms with Crippen LogP contribution in [0.1, 0.15) is 31.9 Å². The fourth-order valence-electron chi connectivity index (χ4n) is 3.14. The molecule has 0 unspecified atom stereocenters. The second-order valence-corrected chi connectivity index (χ2v) is 8.23. The second kappa shape index (κ2) is 9.06. The van der Waals surface area contributed by atoms with Crippen LogP contribution in [0, 0.1) is 5.41 Å². The SMILES string of the molecule is CC(C)(C)C(=O)OCc1cc(-c2ccccc2)ccc1-c1ccc(CCO)cc1. The van der Waals surface area contributed by atoms with E-state index in [1.165, 1.54) is 0 Å². The van der Waals surface area contributed by atoms with Crippen molar-refractivity contribution in [3.63, 3.8) is 0 Å². The zero-order chi connectivity index (χ0) is 20.9. The lowest BCUT2D eigenvalue weighted by atomic mass is 9.94. The first kappa shape index (κ1) is 20.8. The predicted octanol–water partition coefficient (Wildman–Crippen LogP) is 5.64. The summed E-state index contributed by atoms with van der Waals surface area (Å²) in [6.07, 6.45) is 0.642. The Morgan fingerprint density at radius 1 is 0.862 bits per heavy atom. The molecule has 0 radical (unpaired) electrons. The van der Waals surface area contributed by atoms with Crippen LogP contribution in [0.4, 0.5) is 0 Å². The number of rotatable bonds is 6. The summed E-state index contributed by atoms with van der Waals surface area (Å²) in [6.45, 7) is 5.94. The molecular formula is C26H28O3. The van der Waals surface area contributed by atoms with Crippen molar-refractivity contribution in [2.45, 2.75) is 33.8 Å². The van der Waals surface area contributed by atoms with Crippen molar-refractivity contribution in [2.24, 2.45) is 5.41 Å². The minimum absolute atomic E-state index is 0.138. The maximum Gasteiger partial charge on any atom is 0.311 e. The van der Waals surface area contributed by atoms with Gasteiger partial charge in [0.15, 0.2) is 0 Å². The molecule has 3 aromatic rings. The lowest BCUT2D eigenvalue weighted by Gasteiger charge is -2.18. The molecule has 29 heavy (non-hydrogen) atoms. The Balaban J connectivity index is 1.96. The molecule has 0 spiro atoms. The van der Waals surface area contributed by atoms with Crippen LogP contribution in [-0.4, -0.2) is 17.7 Å². The number of carbonyl (C=O) groups excluding carboxylic acids is 1. The first-order chi connectivity index (χ1) is 13.9. The van der Waals surface area contributed by atoms with Crippen molar-refractivity contribution in [2.75, 3.05) is 6.61 Å². The third-order valence-corrected chi connectivity index (χ3v) is 4.85. The highest BCUT2D eigenvalue weighted by Crippen LogP contribution is 2.30. The van der Waals surface area contributed by atoms with Gasteiger partial charge in [-0.15, -0.1) is 0 Å². The van der Waals surface area contributed by atoms with Gasteiger partial charge in [0.2, 0.25) is 0 Å². The molecule has 0 aromatic heterocycles. The van der Waals surface area contributed by atoms with Crippen molar-refractivity contribution in [1.82, 2.24) is 0 Å². The molecule has 1 N–H and O–H groups in total. The summed E-state index contributed by atoms with van der Waals surface area (Å²) in [5.41, 5.74) is 5.85. The van der Waals surface area contributed by atoms with Crippen LogP contribution in [0.15, 0.2) is 72.8 Å². The van der Waals surface area contributed by atoms with Crippen molar-refractivity contribution in [3.05, 3.63) is 83.9 Å². The average Bonchev–Trinajstić information content (AvgIpc) is 2.72. The lowest BCUT2D eigenvalue weighted by Crippen LogP contribution is -2.22. The van der Waals surface area contributed by atoms with Gasteiger partial charge < -0.3 is 9.84 Å². The number of ether oxygens (including phenoxy) is 1. The van der Waals surface area contributed by atoms with Gasteiger partial charge >= 0.3 is 5.97 Å². The molecule has 3 aromatic carbocycles. The molecule has 3 rings (SSSR count). The van der Waals surface area contributed by atoms with E-state index in [4.69, 9.17) is 9.84 Å².